The molecule has 2 aliphatic heterocycles. The fourth-order valence-electron chi connectivity index (χ4n) is 2.53. The zero-order valence-corrected chi connectivity index (χ0v) is 10.6. The third-order valence-corrected chi connectivity index (χ3v) is 3.53. The van der Waals surface area contributed by atoms with Crippen LogP contribution in [0.2, 0.25) is 0 Å². The molecule has 1 N–H and O–H groups in total. The van der Waals surface area contributed by atoms with Crippen LogP contribution < -0.4 is 5.32 Å². The van der Waals surface area contributed by atoms with Crippen LogP contribution in [0.1, 0.15) is 15.9 Å². The Kier molecular flexibility index (Phi) is 3.31. The van der Waals surface area contributed by atoms with Gasteiger partial charge in [0.05, 0.1) is 25.7 Å². The average molecular weight is 260 g/mol. The molecule has 0 aromatic heterocycles. The molecule has 19 heavy (non-hydrogen) atoms. The predicted octanol–water partition coefficient (Wildman–Crippen LogP) is 0.200. The van der Waals surface area contributed by atoms with E-state index in [2.05, 4.69) is 5.32 Å². The largest absolute Gasteiger partial charge is 0.374 e. The van der Waals surface area contributed by atoms with Crippen LogP contribution >= 0.6 is 0 Å². The van der Waals surface area contributed by atoms with E-state index in [1.807, 2.05) is 18.2 Å². The maximum absolute atomic E-state index is 12.3. The van der Waals surface area contributed by atoms with E-state index in [4.69, 9.17) is 4.74 Å². The van der Waals surface area contributed by atoms with Crippen LogP contribution in [0, 0.1) is 0 Å². The van der Waals surface area contributed by atoms with Gasteiger partial charge >= 0.3 is 0 Å². The van der Waals surface area contributed by atoms with E-state index in [1.165, 1.54) is 4.90 Å². The number of imide groups is 1. The minimum Gasteiger partial charge on any atom is -0.374 e. The van der Waals surface area contributed by atoms with Crippen LogP contribution in [-0.2, 0) is 16.0 Å². The number of nitrogens with zero attached hydrogens (tertiary/aromatic N) is 1. The Morgan fingerprint density at radius 3 is 2.95 bits per heavy atom. The van der Waals surface area contributed by atoms with E-state index in [1.54, 1.807) is 6.07 Å². The van der Waals surface area contributed by atoms with Gasteiger partial charge in [0.2, 0.25) is 5.91 Å². The number of fused-ring (bicyclic) bond motifs is 1. The highest BCUT2D eigenvalue weighted by molar-refractivity contribution is 6.09. The average Bonchev–Trinajstić information content (AvgIpc) is 2.45. The first-order chi connectivity index (χ1) is 9.25. The first-order valence-electron chi connectivity index (χ1n) is 6.50. The van der Waals surface area contributed by atoms with E-state index in [9.17, 15) is 9.59 Å². The lowest BCUT2D eigenvalue weighted by Gasteiger charge is -2.32. The number of carbonyl (C=O) groups is 2. The number of morpholine rings is 1. The first-order valence-corrected chi connectivity index (χ1v) is 6.50. The van der Waals surface area contributed by atoms with Crippen LogP contribution in [0.4, 0.5) is 0 Å². The molecule has 0 spiro atoms. The van der Waals surface area contributed by atoms with Crippen molar-refractivity contribution in [3.8, 4) is 0 Å². The lowest BCUT2D eigenvalue weighted by molar-refractivity contribution is -0.130. The molecule has 100 valence electrons. The van der Waals surface area contributed by atoms with Gasteiger partial charge in [0, 0.05) is 18.7 Å². The minimum atomic E-state index is -0.207. The fourth-order valence-corrected chi connectivity index (χ4v) is 2.53. The number of amides is 2. The summed E-state index contributed by atoms with van der Waals surface area (Å²) in [5.41, 5.74) is 1.45. The van der Waals surface area contributed by atoms with Crippen molar-refractivity contribution in [1.82, 2.24) is 10.2 Å². The summed E-state index contributed by atoms with van der Waals surface area (Å²) >= 11 is 0. The summed E-state index contributed by atoms with van der Waals surface area (Å²) in [7, 11) is 0. The number of hydrogen-bond acceptors (Lipinski definition) is 4. The molecule has 0 saturated carbocycles. The number of ether oxygens (including phenoxy) is 1. The van der Waals surface area contributed by atoms with Gasteiger partial charge in [0.15, 0.2) is 0 Å². The Balaban J connectivity index is 1.79. The van der Waals surface area contributed by atoms with Crippen molar-refractivity contribution >= 4 is 11.8 Å². The maximum atomic E-state index is 12.3. The Labute approximate surface area is 111 Å². The highest BCUT2D eigenvalue weighted by Gasteiger charge is 2.32. The Hall–Kier alpha value is -1.72. The standard InChI is InChI=1S/C14H16N2O3/c17-13-7-10-3-1-2-4-12(10)14(18)16(13)9-11-8-15-5-6-19-11/h1-4,11,15H,5-9H2. The molecule has 1 atom stereocenters. The Morgan fingerprint density at radius 1 is 1.32 bits per heavy atom. The Bertz CT molecular complexity index is 509. The zero-order valence-electron chi connectivity index (χ0n) is 10.6. The third kappa shape index (κ3) is 2.39. The second-order valence-electron chi connectivity index (χ2n) is 4.84. The maximum Gasteiger partial charge on any atom is 0.260 e. The number of carbonyl (C=O) groups excluding carboxylic acids is 2. The second-order valence-corrected chi connectivity index (χ2v) is 4.84. The molecule has 1 aromatic carbocycles. The molecule has 1 fully saturated rings. The van der Waals surface area contributed by atoms with Gasteiger partial charge in [-0.2, -0.15) is 0 Å². The van der Waals surface area contributed by atoms with Gasteiger partial charge in [-0.3, -0.25) is 14.5 Å². The van der Waals surface area contributed by atoms with E-state index < -0.39 is 0 Å². The van der Waals surface area contributed by atoms with Crippen molar-refractivity contribution in [3.05, 3.63) is 35.4 Å². The van der Waals surface area contributed by atoms with Crippen molar-refractivity contribution in [1.29, 1.82) is 0 Å². The van der Waals surface area contributed by atoms with Crippen molar-refractivity contribution in [2.45, 2.75) is 12.5 Å². The van der Waals surface area contributed by atoms with E-state index in [0.717, 1.165) is 12.1 Å². The smallest absolute Gasteiger partial charge is 0.260 e. The summed E-state index contributed by atoms with van der Waals surface area (Å²) < 4.78 is 5.56. The molecule has 1 saturated heterocycles. The SMILES string of the molecule is O=C1Cc2ccccc2C(=O)N1CC1CNCCO1. The summed E-state index contributed by atoms with van der Waals surface area (Å²) in [6.45, 7) is 2.45. The minimum absolute atomic E-state index is 0.105. The van der Waals surface area contributed by atoms with Gasteiger partial charge in [0.25, 0.3) is 5.91 Å². The van der Waals surface area contributed by atoms with Crippen molar-refractivity contribution in [2.75, 3.05) is 26.2 Å². The fraction of sp³-hybridized carbons (Fsp3) is 0.429. The van der Waals surface area contributed by atoms with Crippen LogP contribution in [0.5, 0.6) is 0 Å². The topological polar surface area (TPSA) is 58.6 Å². The molecule has 2 heterocycles. The molecular formula is C14H16N2O3. The quantitative estimate of drug-likeness (QED) is 0.772. The van der Waals surface area contributed by atoms with Gasteiger partial charge < -0.3 is 10.1 Å². The van der Waals surface area contributed by atoms with Gasteiger partial charge in [-0.15, -0.1) is 0 Å². The summed E-state index contributed by atoms with van der Waals surface area (Å²) in [4.78, 5) is 25.7. The monoisotopic (exact) mass is 260 g/mol. The molecule has 0 bridgehead atoms. The van der Waals surface area contributed by atoms with E-state index >= 15 is 0 Å². The zero-order chi connectivity index (χ0) is 13.2. The molecule has 0 aliphatic carbocycles. The van der Waals surface area contributed by atoms with Gasteiger partial charge in [0.1, 0.15) is 0 Å². The summed E-state index contributed by atoms with van der Waals surface area (Å²) in [5.74, 6) is -0.348. The number of hydrogen-bond donors (Lipinski definition) is 1. The lowest BCUT2D eigenvalue weighted by atomic mass is 9.98. The van der Waals surface area contributed by atoms with Gasteiger partial charge in [-0.1, -0.05) is 18.2 Å². The van der Waals surface area contributed by atoms with Gasteiger partial charge in [-0.25, -0.2) is 0 Å². The third-order valence-electron chi connectivity index (χ3n) is 3.53. The van der Waals surface area contributed by atoms with Crippen LogP contribution in [-0.4, -0.2) is 49.1 Å². The van der Waals surface area contributed by atoms with Crippen molar-refractivity contribution in [2.24, 2.45) is 0 Å². The van der Waals surface area contributed by atoms with Gasteiger partial charge in [-0.05, 0) is 11.6 Å². The highest BCUT2D eigenvalue weighted by atomic mass is 16.5. The number of nitrogens with one attached hydrogen (secondary N) is 1. The molecular weight excluding hydrogens is 244 g/mol. The molecule has 2 aliphatic rings. The van der Waals surface area contributed by atoms with E-state index in [0.29, 0.717) is 31.7 Å². The molecule has 1 unspecified atom stereocenters. The summed E-state index contributed by atoms with van der Waals surface area (Å²) in [6, 6.07) is 7.28. The lowest BCUT2D eigenvalue weighted by Crippen LogP contribution is -2.50. The Morgan fingerprint density at radius 2 is 2.16 bits per heavy atom. The molecule has 5 heteroatoms. The second kappa shape index (κ2) is 5.11. The van der Waals surface area contributed by atoms with E-state index in [-0.39, 0.29) is 17.9 Å². The van der Waals surface area contributed by atoms with Crippen LogP contribution in [0.15, 0.2) is 24.3 Å². The number of rotatable bonds is 2. The molecule has 5 nitrogen and oxygen atoms in total. The normalized spacial score (nSPS) is 23.4. The van der Waals surface area contributed by atoms with Crippen molar-refractivity contribution in [3.63, 3.8) is 0 Å². The summed E-state index contributed by atoms with van der Waals surface area (Å²) in [5, 5.41) is 3.20. The summed E-state index contributed by atoms with van der Waals surface area (Å²) in [6.07, 6.45) is 0.189. The van der Waals surface area contributed by atoms with Crippen LogP contribution in [0.3, 0.4) is 0 Å². The number of benzene rings is 1. The molecule has 1 aromatic rings. The predicted molar refractivity (Wildman–Crippen MR) is 68.8 cm³/mol. The highest BCUT2D eigenvalue weighted by Crippen LogP contribution is 2.20. The first kappa shape index (κ1) is 12.3. The molecule has 3 rings (SSSR count). The molecule has 2 amide bonds. The molecule has 0 radical (unpaired) electrons. The van der Waals surface area contributed by atoms with Crippen molar-refractivity contribution < 1.29 is 14.3 Å². The van der Waals surface area contributed by atoms with Crippen LogP contribution in [0.25, 0.3) is 0 Å².